The summed E-state index contributed by atoms with van der Waals surface area (Å²) in [5.74, 6) is 0.959. The van der Waals surface area contributed by atoms with E-state index in [1.807, 2.05) is 42.5 Å². The SMILES string of the molecule is COc1ccc(CNC(=O)C(C)ON=C2CCN(C(=O)Nc3ccccc3)CC2)cc1OC. The van der Waals surface area contributed by atoms with Crippen LogP contribution in [0.2, 0.25) is 0 Å². The highest BCUT2D eigenvalue weighted by Crippen LogP contribution is 2.27. The molecule has 3 amide bonds. The van der Waals surface area contributed by atoms with Gasteiger partial charge in [-0.05, 0) is 36.8 Å². The molecule has 1 heterocycles. The molecular weight excluding hydrogens is 424 g/mol. The smallest absolute Gasteiger partial charge is 0.321 e. The Bertz CT molecular complexity index is 970. The number of carbonyl (C=O) groups excluding carboxylic acids is 2. The molecular formula is C24H30N4O5. The molecule has 0 bridgehead atoms. The molecule has 1 atom stereocenters. The number of rotatable bonds is 8. The van der Waals surface area contributed by atoms with Crippen molar-refractivity contribution in [1.82, 2.24) is 10.2 Å². The van der Waals surface area contributed by atoms with Crippen LogP contribution in [0.3, 0.4) is 0 Å². The summed E-state index contributed by atoms with van der Waals surface area (Å²) in [6.45, 7) is 3.06. The third-order valence-corrected chi connectivity index (χ3v) is 5.28. The van der Waals surface area contributed by atoms with Gasteiger partial charge in [-0.25, -0.2) is 4.79 Å². The van der Waals surface area contributed by atoms with Crippen LogP contribution in [0.4, 0.5) is 10.5 Å². The maximum atomic E-state index is 12.4. The number of ether oxygens (including phenoxy) is 2. The summed E-state index contributed by atoms with van der Waals surface area (Å²) in [5, 5.41) is 9.86. The Kier molecular flexibility index (Phi) is 8.51. The fraction of sp³-hybridized carbons (Fsp3) is 0.375. The van der Waals surface area contributed by atoms with Gasteiger partial charge < -0.3 is 29.8 Å². The van der Waals surface area contributed by atoms with E-state index in [1.165, 1.54) is 0 Å². The number of para-hydroxylation sites is 1. The zero-order valence-electron chi connectivity index (χ0n) is 19.2. The van der Waals surface area contributed by atoms with Gasteiger partial charge in [0.15, 0.2) is 11.5 Å². The molecule has 2 N–H and O–H groups in total. The first-order valence-electron chi connectivity index (χ1n) is 10.8. The van der Waals surface area contributed by atoms with Crippen molar-refractivity contribution in [3.63, 3.8) is 0 Å². The Hall–Kier alpha value is -3.75. The Labute approximate surface area is 193 Å². The first-order valence-corrected chi connectivity index (χ1v) is 10.8. The van der Waals surface area contributed by atoms with E-state index in [0.29, 0.717) is 44.0 Å². The van der Waals surface area contributed by atoms with Crippen LogP contribution in [0, 0.1) is 0 Å². The van der Waals surface area contributed by atoms with Crippen LogP contribution >= 0.6 is 0 Å². The van der Waals surface area contributed by atoms with E-state index in [2.05, 4.69) is 15.8 Å². The molecule has 0 aliphatic carbocycles. The van der Waals surface area contributed by atoms with Gasteiger partial charge in [0.2, 0.25) is 6.10 Å². The van der Waals surface area contributed by atoms with Crippen LogP contribution in [0.5, 0.6) is 11.5 Å². The van der Waals surface area contributed by atoms with Crippen molar-refractivity contribution in [2.45, 2.75) is 32.4 Å². The van der Waals surface area contributed by atoms with Gasteiger partial charge in [-0.15, -0.1) is 0 Å². The number of benzene rings is 2. The molecule has 1 aliphatic rings. The summed E-state index contributed by atoms with van der Waals surface area (Å²) in [7, 11) is 3.14. The lowest BCUT2D eigenvalue weighted by Gasteiger charge is -2.27. The number of methoxy groups -OCH3 is 2. The lowest BCUT2D eigenvalue weighted by atomic mass is 10.1. The minimum atomic E-state index is -0.739. The highest BCUT2D eigenvalue weighted by Gasteiger charge is 2.21. The van der Waals surface area contributed by atoms with Crippen LogP contribution in [-0.2, 0) is 16.2 Å². The average molecular weight is 455 g/mol. The van der Waals surface area contributed by atoms with Crippen molar-refractivity contribution in [2.24, 2.45) is 5.16 Å². The molecule has 176 valence electrons. The van der Waals surface area contributed by atoms with Crippen molar-refractivity contribution in [3.8, 4) is 11.5 Å². The molecule has 0 aromatic heterocycles. The second-order valence-electron chi connectivity index (χ2n) is 7.60. The average Bonchev–Trinajstić information content (AvgIpc) is 2.86. The Morgan fingerprint density at radius 3 is 2.39 bits per heavy atom. The zero-order chi connectivity index (χ0) is 23.6. The normalized spacial score (nSPS) is 14.2. The zero-order valence-corrected chi connectivity index (χ0v) is 19.2. The van der Waals surface area contributed by atoms with Gasteiger partial charge >= 0.3 is 6.03 Å². The molecule has 1 aliphatic heterocycles. The quantitative estimate of drug-likeness (QED) is 0.596. The van der Waals surface area contributed by atoms with Gasteiger partial charge in [-0.3, -0.25) is 4.79 Å². The van der Waals surface area contributed by atoms with Crippen molar-refractivity contribution in [3.05, 3.63) is 54.1 Å². The molecule has 1 fully saturated rings. The number of likely N-dealkylation sites (tertiary alicyclic amines) is 1. The number of amides is 3. The second kappa shape index (κ2) is 11.8. The van der Waals surface area contributed by atoms with Gasteiger partial charge in [-0.1, -0.05) is 29.4 Å². The third kappa shape index (κ3) is 6.86. The lowest BCUT2D eigenvalue weighted by Crippen LogP contribution is -2.41. The lowest BCUT2D eigenvalue weighted by molar-refractivity contribution is -0.131. The fourth-order valence-electron chi connectivity index (χ4n) is 3.31. The molecule has 0 saturated carbocycles. The molecule has 9 heteroatoms. The Morgan fingerprint density at radius 2 is 1.73 bits per heavy atom. The van der Waals surface area contributed by atoms with E-state index >= 15 is 0 Å². The van der Waals surface area contributed by atoms with Crippen LogP contribution < -0.4 is 20.1 Å². The number of anilines is 1. The Morgan fingerprint density at radius 1 is 1.03 bits per heavy atom. The number of carbonyl (C=O) groups is 2. The number of piperidine rings is 1. The molecule has 1 saturated heterocycles. The van der Waals surface area contributed by atoms with E-state index in [9.17, 15) is 9.59 Å². The maximum absolute atomic E-state index is 12.4. The number of hydrogen-bond donors (Lipinski definition) is 2. The standard InChI is InChI=1S/C24H30N4O5/c1-17(23(29)25-16-18-9-10-21(31-2)22(15-18)32-3)33-27-20-11-13-28(14-12-20)24(30)26-19-7-5-4-6-8-19/h4-10,15,17H,11-14,16H2,1-3H3,(H,25,29)(H,26,30). The minimum absolute atomic E-state index is 0.135. The second-order valence-corrected chi connectivity index (χ2v) is 7.60. The molecule has 2 aromatic rings. The van der Waals surface area contributed by atoms with Gasteiger partial charge in [-0.2, -0.15) is 0 Å². The number of nitrogens with zero attached hydrogens (tertiary/aromatic N) is 2. The van der Waals surface area contributed by atoms with E-state index < -0.39 is 6.10 Å². The van der Waals surface area contributed by atoms with E-state index in [4.69, 9.17) is 14.3 Å². The fourth-order valence-corrected chi connectivity index (χ4v) is 3.31. The first-order chi connectivity index (χ1) is 16.0. The molecule has 1 unspecified atom stereocenters. The van der Waals surface area contributed by atoms with Gasteiger partial charge in [0.1, 0.15) is 0 Å². The molecule has 2 aromatic carbocycles. The number of urea groups is 1. The van der Waals surface area contributed by atoms with Crippen LogP contribution in [0.25, 0.3) is 0 Å². The molecule has 0 spiro atoms. The molecule has 0 radical (unpaired) electrons. The summed E-state index contributed by atoms with van der Waals surface area (Å²) in [6, 6.07) is 14.7. The van der Waals surface area contributed by atoms with E-state index in [1.54, 1.807) is 32.1 Å². The summed E-state index contributed by atoms with van der Waals surface area (Å²) in [4.78, 5) is 31.9. The Balaban J connectivity index is 1.41. The predicted molar refractivity (Wildman–Crippen MR) is 126 cm³/mol. The van der Waals surface area contributed by atoms with Crippen molar-refractivity contribution >= 4 is 23.3 Å². The third-order valence-electron chi connectivity index (χ3n) is 5.28. The van der Waals surface area contributed by atoms with Crippen molar-refractivity contribution < 1.29 is 23.9 Å². The minimum Gasteiger partial charge on any atom is -0.493 e. The summed E-state index contributed by atoms with van der Waals surface area (Å²) < 4.78 is 10.5. The highest BCUT2D eigenvalue weighted by molar-refractivity contribution is 5.92. The molecule has 3 rings (SSSR count). The number of hydrogen-bond acceptors (Lipinski definition) is 6. The summed E-state index contributed by atoms with van der Waals surface area (Å²) in [6.07, 6.45) is 0.460. The number of oxime groups is 1. The topological polar surface area (TPSA) is 101 Å². The monoisotopic (exact) mass is 454 g/mol. The number of nitrogens with one attached hydrogen (secondary N) is 2. The summed E-state index contributed by atoms with van der Waals surface area (Å²) in [5.41, 5.74) is 2.47. The largest absolute Gasteiger partial charge is 0.493 e. The van der Waals surface area contributed by atoms with Gasteiger partial charge in [0.25, 0.3) is 5.91 Å². The van der Waals surface area contributed by atoms with Crippen LogP contribution in [0.15, 0.2) is 53.7 Å². The first kappa shape index (κ1) is 23.9. The highest BCUT2D eigenvalue weighted by atomic mass is 16.6. The molecule has 9 nitrogen and oxygen atoms in total. The summed E-state index contributed by atoms with van der Waals surface area (Å²) >= 11 is 0. The van der Waals surface area contributed by atoms with Gasteiger partial charge in [0, 0.05) is 38.2 Å². The van der Waals surface area contributed by atoms with Gasteiger partial charge in [0.05, 0.1) is 19.9 Å². The van der Waals surface area contributed by atoms with Crippen LogP contribution in [0.1, 0.15) is 25.3 Å². The molecule has 33 heavy (non-hydrogen) atoms. The maximum Gasteiger partial charge on any atom is 0.321 e. The van der Waals surface area contributed by atoms with E-state index in [-0.39, 0.29) is 11.9 Å². The van der Waals surface area contributed by atoms with E-state index in [0.717, 1.165) is 17.0 Å². The van der Waals surface area contributed by atoms with Crippen molar-refractivity contribution in [1.29, 1.82) is 0 Å². The van der Waals surface area contributed by atoms with Crippen LogP contribution in [-0.4, -0.2) is 56.0 Å². The van der Waals surface area contributed by atoms with Crippen molar-refractivity contribution in [2.75, 3.05) is 32.6 Å². The predicted octanol–water partition coefficient (Wildman–Crippen LogP) is 3.41.